The van der Waals surface area contributed by atoms with Crippen LogP contribution in [0.4, 0.5) is 4.79 Å². The van der Waals surface area contributed by atoms with Gasteiger partial charge in [0.25, 0.3) is 0 Å². The van der Waals surface area contributed by atoms with Crippen molar-refractivity contribution in [1.82, 2.24) is 19.5 Å². The summed E-state index contributed by atoms with van der Waals surface area (Å²) in [5, 5.41) is 5.20. The third-order valence-electron chi connectivity index (χ3n) is 4.50. The van der Waals surface area contributed by atoms with E-state index in [2.05, 4.69) is 10.1 Å². The molecule has 0 bridgehead atoms. The average Bonchev–Trinajstić information content (AvgIpc) is 2.95. The summed E-state index contributed by atoms with van der Waals surface area (Å²) < 4.78 is 7.23. The van der Waals surface area contributed by atoms with Crippen molar-refractivity contribution in [2.45, 2.75) is 65.5 Å². The maximum absolute atomic E-state index is 12.6. The number of nitrogens with zero attached hydrogens (tertiary/aromatic N) is 4. The third kappa shape index (κ3) is 3.59. The van der Waals surface area contributed by atoms with E-state index >= 15 is 0 Å². The number of piperidine rings is 1. The highest BCUT2D eigenvalue weighted by atomic mass is 35.5. The van der Waals surface area contributed by atoms with E-state index in [-0.39, 0.29) is 12.1 Å². The highest BCUT2D eigenvalue weighted by Gasteiger charge is 2.33. The molecule has 1 aliphatic rings. The summed E-state index contributed by atoms with van der Waals surface area (Å²) in [5.41, 5.74) is 2.80. The molecule has 0 saturated carbocycles. The molecule has 25 heavy (non-hydrogen) atoms. The predicted octanol–water partition coefficient (Wildman–Crippen LogP) is 4.46. The van der Waals surface area contributed by atoms with Crippen LogP contribution in [0.1, 0.15) is 63.0 Å². The topological polar surface area (TPSA) is 59.7 Å². The molecule has 2 aromatic heterocycles. The van der Waals surface area contributed by atoms with E-state index in [1.807, 2.05) is 40.7 Å². The molecule has 0 spiro atoms. The smallest absolute Gasteiger partial charge is 0.410 e. The number of carbonyl (C=O) groups excluding carboxylic acids is 1. The second-order valence-corrected chi connectivity index (χ2v) is 8.00. The van der Waals surface area contributed by atoms with Gasteiger partial charge in [-0.3, -0.25) is 4.90 Å². The first-order chi connectivity index (χ1) is 11.7. The Balaban J connectivity index is 1.96. The largest absolute Gasteiger partial charge is 0.444 e. The molecule has 0 aromatic carbocycles. The van der Waals surface area contributed by atoms with Crippen LogP contribution in [0.2, 0.25) is 5.15 Å². The van der Waals surface area contributed by atoms with Crippen molar-refractivity contribution in [3.63, 3.8) is 0 Å². The number of aryl methyl sites for hydroxylation is 1. The average molecular weight is 365 g/mol. The molecule has 0 unspecified atom stereocenters. The number of carbonyl (C=O) groups is 1. The summed E-state index contributed by atoms with van der Waals surface area (Å²) in [7, 11) is 0. The molecule has 0 radical (unpaired) electrons. The lowest BCUT2D eigenvalue weighted by Crippen LogP contribution is -2.42. The molecule has 136 valence electrons. The van der Waals surface area contributed by atoms with Crippen LogP contribution >= 0.6 is 11.6 Å². The lowest BCUT2D eigenvalue weighted by atomic mass is 10.00. The van der Waals surface area contributed by atoms with Gasteiger partial charge in [0.05, 0.1) is 11.7 Å². The molecule has 1 atom stereocenters. The Morgan fingerprint density at radius 3 is 2.72 bits per heavy atom. The zero-order valence-corrected chi connectivity index (χ0v) is 16.2. The third-order valence-corrected chi connectivity index (χ3v) is 4.95. The summed E-state index contributed by atoms with van der Waals surface area (Å²) in [5.74, 6) is 0. The Bertz CT molecular complexity index is 809. The molecule has 1 aliphatic heterocycles. The molecule has 6 nitrogen and oxygen atoms in total. The van der Waals surface area contributed by atoms with Crippen LogP contribution in [0.3, 0.4) is 0 Å². The number of fused-ring (bicyclic) bond motifs is 1. The minimum absolute atomic E-state index is 0.109. The lowest BCUT2D eigenvalue weighted by molar-refractivity contribution is 0.00898. The normalized spacial score (nSPS) is 18.6. The first-order valence-electron chi connectivity index (χ1n) is 8.69. The number of rotatable bonds is 1. The van der Waals surface area contributed by atoms with Gasteiger partial charge in [0, 0.05) is 23.9 Å². The minimum atomic E-state index is -0.517. The number of amides is 1. The van der Waals surface area contributed by atoms with Gasteiger partial charge >= 0.3 is 6.09 Å². The molecule has 3 rings (SSSR count). The van der Waals surface area contributed by atoms with Crippen LogP contribution in [0.15, 0.2) is 6.07 Å². The fraction of sp³-hybridized carbons (Fsp3) is 0.611. The minimum Gasteiger partial charge on any atom is -0.444 e. The zero-order valence-electron chi connectivity index (χ0n) is 15.5. The zero-order chi connectivity index (χ0) is 18.4. The maximum atomic E-state index is 12.6. The highest BCUT2D eigenvalue weighted by molar-refractivity contribution is 6.30. The number of likely N-dealkylation sites (tertiary alicyclic amines) is 1. The molecule has 3 heterocycles. The Kier molecular flexibility index (Phi) is 4.66. The Morgan fingerprint density at radius 2 is 2.04 bits per heavy atom. The van der Waals surface area contributed by atoms with Crippen molar-refractivity contribution in [3.05, 3.63) is 28.2 Å². The fourth-order valence-electron chi connectivity index (χ4n) is 3.12. The number of ether oxygens (including phenoxy) is 1. The van der Waals surface area contributed by atoms with E-state index < -0.39 is 5.60 Å². The molecule has 0 N–H and O–H groups in total. The van der Waals surface area contributed by atoms with Crippen LogP contribution in [0.25, 0.3) is 5.65 Å². The van der Waals surface area contributed by atoms with E-state index in [1.165, 1.54) is 0 Å². The summed E-state index contributed by atoms with van der Waals surface area (Å²) in [6, 6.07) is 1.81. The molecule has 2 aromatic rings. The van der Waals surface area contributed by atoms with Gasteiger partial charge in [-0.05, 0) is 53.9 Å². The van der Waals surface area contributed by atoms with Gasteiger partial charge < -0.3 is 4.74 Å². The second kappa shape index (κ2) is 6.48. The predicted molar refractivity (Wildman–Crippen MR) is 97.0 cm³/mol. The van der Waals surface area contributed by atoms with Crippen molar-refractivity contribution in [3.8, 4) is 0 Å². The van der Waals surface area contributed by atoms with E-state index in [9.17, 15) is 4.79 Å². The van der Waals surface area contributed by atoms with Gasteiger partial charge in [-0.15, -0.1) is 0 Å². The van der Waals surface area contributed by atoms with Crippen molar-refractivity contribution in [2.75, 3.05) is 6.54 Å². The van der Waals surface area contributed by atoms with Crippen molar-refractivity contribution in [2.24, 2.45) is 0 Å². The van der Waals surface area contributed by atoms with Gasteiger partial charge in [0.15, 0.2) is 5.65 Å². The van der Waals surface area contributed by atoms with Gasteiger partial charge in [-0.1, -0.05) is 11.6 Å². The van der Waals surface area contributed by atoms with Crippen LogP contribution in [0, 0.1) is 13.8 Å². The molecular formula is C18H25ClN4O2. The van der Waals surface area contributed by atoms with E-state index in [4.69, 9.17) is 16.3 Å². The van der Waals surface area contributed by atoms with Gasteiger partial charge in [0.2, 0.25) is 0 Å². The van der Waals surface area contributed by atoms with Crippen molar-refractivity contribution in [1.29, 1.82) is 0 Å². The Hall–Kier alpha value is -1.82. The van der Waals surface area contributed by atoms with Crippen LogP contribution in [-0.4, -0.2) is 37.7 Å². The van der Waals surface area contributed by atoms with E-state index in [1.54, 1.807) is 9.42 Å². The second-order valence-electron chi connectivity index (χ2n) is 7.64. The van der Waals surface area contributed by atoms with Crippen molar-refractivity contribution < 1.29 is 9.53 Å². The number of aromatic nitrogens is 3. The quantitative estimate of drug-likeness (QED) is 0.701. The van der Waals surface area contributed by atoms with Gasteiger partial charge in [-0.25, -0.2) is 14.3 Å². The number of hydrogen-bond acceptors (Lipinski definition) is 4. The molecule has 7 heteroatoms. The molecule has 0 aliphatic carbocycles. The van der Waals surface area contributed by atoms with Gasteiger partial charge in [-0.2, -0.15) is 5.10 Å². The first kappa shape index (κ1) is 18.0. The summed E-state index contributed by atoms with van der Waals surface area (Å²) >= 11 is 6.42. The summed E-state index contributed by atoms with van der Waals surface area (Å²) in [6.07, 6.45) is 2.59. The Labute approximate surface area is 153 Å². The molecule has 1 amide bonds. The number of halogens is 1. The summed E-state index contributed by atoms with van der Waals surface area (Å²) in [6.45, 7) is 10.2. The Morgan fingerprint density at radius 1 is 1.32 bits per heavy atom. The summed E-state index contributed by atoms with van der Waals surface area (Å²) in [4.78, 5) is 19.0. The fourth-order valence-corrected chi connectivity index (χ4v) is 3.38. The molecular weight excluding hydrogens is 340 g/mol. The standard InChI is InChI=1S/C18H25ClN4O2/c1-11-12(2)20-15-10-13(21-23(15)16(11)19)14-8-6-7-9-22(14)17(24)25-18(3,4)5/h10,14H,6-9H2,1-5H3/t14-/m0/s1. The first-order valence-corrected chi connectivity index (χ1v) is 9.07. The highest BCUT2D eigenvalue weighted by Crippen LogP contribution is 2.32. The van der Waals surface area contributed by atoms with E-state index in [0.29, 0.717) is 17.3 Å². The monoisotopic (exact) mass is 364 g/mol. The number of hydrogen-bond donors (Lipinski definition) is 0. The van der Waals surface area contributed by atoms with Crippen molar-refractivity contribution >= 4 is 23.3 Å². The van der Waals surface area contributed by atoms with Gasteiger partial charge in [0.1, 0.15) is 10.8 Å². The van der Waals surface area contributed by atoms with Crippen LogP contribution < -0.4 is 0 Å². The van der Waals surface area contributed by atoms with Crippen LogP contribution in [0.5, 0.6) is 0 Å². The molecule has 1 fully saturated rings. The SMILES string of the molecule is Cc1nc2cc([C@@H]3CCCCN3C(=O)OC(C)(C)C)nn2c(Cl)c1C. The van der Waals surface area contributed by atoms with Crippen LogP contribution in [-0.2, 0) is 4.74 Å². The van der Waals surface area contributed by atoms with E-state index in [0.717, 1.165) is 36.2 Å². The molecule has 1 saturated heterocycles. The maximum Gasteiger partial charge on any atom is 0.410 e. The lowest BCUT2D eigenvalue weighted by Gasteiger charge is -2.35.